The summed E-state index contributed by atoms with van der Waals surface area (Å²) in [5.41, 5.74) is -4.66. The summed E-state index contributed by atoms with van der Waals surface area (Å²) in [6.45, 7) is 2.04. The maximum Gasteiger partial charge on any atom is 0.408 e. The summed E-state index contributed by atoms with van der Waals surface area (Å²) in [5.74, 6) is -10.5. The number of nitrogens with one attached hydrogen (secondary N) is 1. The van der Waals surface area contributed by atoms with Crippen LogP contribution in [0.15, 0.2) is 40.9 Å². The average Bonchev–Trinajstić information content (AvgIpc) is 3.66. The van der Waals surface area contributed by atoms with Gasteiger partial charge in [-0.3, -0.25) is 4.99 Å². The monoisotopic (exact) mass is 538 g/mol. The van der Waals surface area contributed by atoms with Gasteiger partial charge in [0.1, 0.15) is 17.9 Å². The lowest BCUT2D eigenvalue weighted by Gasteiger charge is -2.21. The predicted octanol–water partition coefficient (Wildman–Crippen LogP) is 4.44. The number of rotatable bonds is 10. The van der Waals surface area contributed by atoms with E-state index in [4.69, 9.17) is 14.6 Å². The Morgan fingerprint density at radius 3 is 2.21 bits per heavy atom. The quantitative estimate of drug-likeness (QED) is 0.103. The van der Waals surface area contributed by atoms with E-state index in [-0.39, 0.29) is 26.1 Å². The number of benzene rings is 2. The third-order valence-electron chi connectivity index (χ3n) is 5.76. The molecule has 3 rings (SSSR count). The highest BCUT2D eigenvalue weighted by molar-refractivity contribution is 6.15. The maximum absolute atomic E-state index is 15.2. The standard InChI is InChI=1S/C26H26F4N2O6/c1-3-37-24(35)16(11-31-14(2)12-33)23(34)17-19(27)21(29)18(22(30)20(17)28)26(9-10-26)32-25(36)38-13-15-7-5-4-6-8-15/h4-8,11,14,33-34H,3,9-10,12-13H2,1-2H3,(H,32,36)/b23-16-,31-11?. The Labute approximate surface area is 215 Å². The third-order valence-corrected chi connectivity index (χ3v) is 5.76. The van der Waals surface area contributed by atoms with Gasteiger partial charge in [-0.15, -0.1) is 0 Å². The fourth-order valence-corrected chi connectivity index (χ4v) is 3.58. The number of carbonyl (C=O) groups excluding carboxylic acids is 2. The molecule has 1 aliphatic carbocycles. The fraction of sp³-hybridized carbons (Fsp3) is 0.346. The lowest BCUT2D eigenvalue weighted by atomic mass is 9.97. The molecule has 1 aliphatic rings. The van der Waals surface area contributed by atoms with Crippen molar-refractivity contribution in [1.82, 2.24) is 5.32 Å². The Hall–Kier alpha value is -3.93. The molecule has 12 heteroatoms. The van der Waals surface area contributed by atoms with Gasteiger partial charge in [0.2, 0.25) is 0 Å². The lowest BCUT2D eigenvalue weighted by molar-refractivity contribution is -0.137. The van der Waals surface area contributed by atoms with Gasteiger partial charge in [0.15, 0.2) is 23.3 Å². The molecule has 8 nitrogen and oxygen atoms in total. The van der Waals surface area contributed by atoms with Crippen LogP contribution in [0, 0.1) is 23.3 Å². The normalized spacial score (nSPS) is 15.6. The summed E-state index contributed by atoms with van der Waals surface area (Å²) >= 11 is 0. The Kier molecular flexibility index (Phi) is 9.10. The number of aliphatic imine (C=N–C) groups is 1. The number of hydrogen-bond donors (Lipinski definition) is 3. The number of ether oxygens (including phenoxy) is 2. The van der Waals surface area contributed by atoms with Crippen molar-refractivity contribution in [2.45, 2.75) is 44.9 Å². The Morgan fingerprint density at radius 2 is 1.68 bits per heavy atom. The summed E-state index contributed by atoms with van der Waals surface area (Å²) in [7, 11) is 0. The van der Waals surface area contributed by atoms with Gasteiger partial charge in [0.25, 0.3) is 0 Å². The highest BCUT2D eigenvalue weighted by atomic mass is 19.2. The van der Waals surface area contributed by atoms with Crippen LogP contribution < -0.4 is 5.32 Å². The zero-order chi connectivity index (χ0) is 28.0. The molecule has 3 N–H and O–H groups in total. The molecular weight excluding hydrogens is 512 g/mol. The van der Waals surface area contributed by atoms with Crippen LogP contribution in [-0.4, -0.2) is 47.7 Å². The fourth-order valence-electron chi connectivity index (χ4n) is 3.58. The number of hydrogen-bond acceptors (Lipinski definition) is 7. The first-order valence-corrected chi connectivity index (χ1v) is 11.7. The van der Waals surface area contributed by atoms with E-state index in [1.165, 1.54) is 13.8 Å². The minimum absolute atomic E-state index is 0.0406. The van der Waals surface area contributed by atoms with Gasteiger partial charge in [-0.25, -0.2) is 27.2 Å². The minimum atomic E-state index is -1.99. The van der Waals surface area contributed by atoms with E-state index < -0.39 is 76.0 Å². The van der Waals surface area contributed by atoms with Crippen molar-refractivity contribution >= 4 is 24.0 Å². The van der Waals surface area contributed by atoms with Crippen molar-refractivity contribution in [3.05, 3.63) is 75.9 Å². The van der Waals surface area contributed by atoms with E-state index in [1.807, 2.05) is 0 Å². The molecule has 204 valence electrons. The van der Waals surface area contributed by atoms with Crippen LogP contribution in [0.5, 0.6) is 0 Å². The molecule has 1 unspecified atom stereocenters. The summed E-state index contributed by atoms with van der Waals surface area (Å²) < 4.78 is 70.4. The van der Waals surface area contributed by atoms with Gasteiger partial charge in [0, 0.05) is 6.21 Å². The molecule has 1 fully saturated rings. The molecule has 2 aromatic rings. The molecule has 1 saturated carbocycles. The molecule has 0 bridgehead atoms. The molecule has 2 aromatic carbocycles. The van der Waals surface area contributed by atoms with Gasteiger partial charge in [-0.2, -0.15) is 0 Å². The number of nitrogens with zero attached hydrogens (tertiary/aromatic N) is 1. The summed E-state index contributed by atoms with van der Waals surface area (Å²) in [6, 6.07) is 7.78. The van der Waals surface area contributed by atoms with Gasteiger partial charge in [-0.1, -0.05) is 30.3 Å². The third kappa shape index (κ3) is 6.13. The Bertz CT molecular complexity index is 1230. The number of esters is 1. The van der Waals surface area contributed by atoms with Crippen LogP contribution >= 0.6 is 0 Å². The largest absolute Gasteiger partial charge is 0.506 e. The second-order valence-electron chi connectivity index (χ2n) is 8.57. The summed E-state index contributed by atoms with van der Waals surface area (Å²) in [4.78, 5) is 28.3. The molecule has 1 atom stereocenters. The minimum Gasteiger partial charge on any atom is -0.506 e. The first kappa shape index (κ1) is 28.6. The van der Waals surface area contributed by atoms with E-state index in [2.05, 4.69) is 10.3 Å². The van der Waals surface area contributed by atoms with Crippen LogP contribution in [0.1, 0.15) is 43.4 Å². The summed E-state index contributed by atoms with van der Waals surface area (Å²) in [6.07, 6.45) is -0.456. The van der Waals surface area contributed by atoms with Crippen molar-refractivity contribution in [1.29, 1.82) is 0 Å². The average molecular weight is 538 g/mol. The second-order valence-corrected chi connectivity index (χ2v) is 8.57. The first-order valence-electron chi connectivity index (χ1n) is 11.7. The smallest absolute Gasteiger partial charge is 0.408 e. The molecule has 38 heavy (non-hydrogen) atoms. The van der Waals surface area contributed by atoms with Gasteiger partial charge >= 0.3 is 12.1 Å². The van der Waals surface area contributed by atoms with Gasteiger partial charge < -0.3 is 25.0 Å². The molecule has 1 amide bonds. The highest BCUT2D eigenvalue weighted by Crippen LogP contribution is 2.49. The number of halogens is 4. The predicted molar refractivity (Wildman–Crippen MR) is 128 cm³/mol. The van der Waals surface area contributed by atoms with Crippen molar-refractivity contribution in [2.24, 2.45) is 4.99 Å². The van der Waals surface area contributed by atoms with Crippen molar-refractivity contribution in [3.63, 3.8) is 0 Å². The Morgan fingerprint density at radius 1 is 1.08 bits per heavy atom. The zero-order valence-corrected chi connectivity index (χ0v) is 20.6. The number of carbonyl (C=O) groups is 2. The van der Waals surface area contributed by atoms with Gasteiger partial charge in [0.05, 0.1) is 35.9 Å². The van der Waals surface area contributed by atoms with E-state index in [1.54, 1.807) is 30.3 Å². The van der Waals surface area contributed by atoms with Gasteiger partial charge in [-0.05, 0) is 32.3 Å². The topological polar surface area (TPSA) is 117 Å². The van der Waals surface area contributed by atoms with Crippen LogP contribution in [0.3, 0.4) is 0 Å². The number of amides is 1. The van der Waals surface area contributed by atoms with Crippen LogP contribution in [-0.2, 0) is 26.4 Å². The molecule has 0 aliphatic heterocycles. The SMILES string of the molecule is CCOC(=O)/C(C=NC(C)CO)=C(\O)c1c(F)c(F)c(C2(NC(=O)OCc3ccccc3)CC2)c(F)c1F. The molecule has 0 saturated heterocycles. The van der Waals surface area contributed by atoms with Crippen LogP contribution in [0.4, 0.5) is 22.4 Å². The molecule has 0 aromatic heterocycles. The van der Waals surface area contributed by atoms with E-state index in [9.17, 15) is 14.7 Å². The molecule has 0 heterocycles. The Balaban J connectivity index is 1.98. The number of alkyl carbamates (subject to hydrolysis) is 1. The van der Waals surface area contributed by atoms with Crippen LogP contribution in [0.25, 0.3) is 5.76 Å². The van der Waals surface area contributed by atoms with E-state index in [0.29, 0.717) is 11.8 Å². The van der Waals surface area contributed by atoms with E-state index in [0.717, 1.165) is 0 Å². The highest BCUT2D eigenvalue weighted by Gasteiger charge is 2.52. The van der Waals surface area contributed by atoms with Crippen molar-refractivity contribution in [3.8, 4) is 0 Å². The molecule has 0 radical (unpaired) electrons. The van der Waals surface area contributed by atoms with E-state index >= 15 is 17.6 Å². The molecular formula is C26H26F4N2O6. The summed E-state index contributed by atoms with van der Waals surface area (Å²) in [5, 5.41) is 21.9. The maximum atomic E-state index is 15.2. The van der Waals surface area contributed by atoms with Crippen molar-refractivity contribution in [2.75, 3.05) is 13.2 Å². The number of aliphatic hydroxyl groups excluding tert-OH is 2. The molecule has 0 spiro atoms. The first-order chi connectivity index (χ1) is 18.1. The lowest BCUT2D eigenvalue weighted by Crippen LogP contribution is -2.37. The van der Waals surface area contributed by atoms with Crippen LogP contribution in [0.2, 0.25) is 0 Å². The second kappa shape index (κ2) is 12.1. The number of aliphatic hydroxyl groups is 2. The zero-order valence-electron chi connectivity index (χ0n) is 20.6. The van der Waals surface area contributed by atoms with Crippen molar-refractivity contribution < 1.29 is 46.8 Å².